The SMILES string of the molecule is C=C/C=C(\C)CCC1=C(C)CCCC1(C)C. The van der Waals surface area contributed by atoms with E-state index in [-0.39, 0.29) is 0 Å². The molecule has 0 unspecified atom stereocenters. The highest BCUT2D eigenvalue weighted by atomic mass is 14.3. The molecular formula is C16H26. The van der Waals surface area contributed by atoms with E-state index in [0.717, 1.165) is 0 Å². The summed E-state index contributed by atoms with van der Waals surface area (Å²) in [5, 5.41) is 0. The maximum atomic E-state index is 3.75. The Morgan fingerprint density at radius 1 is 1.44 bits per heavy atom. The molecule has 0 saturated heterocycles. The molecular weight excluding hydrogens is 192 g/mol. The predicted molar refractivity (Wildman–Crippen MR) is 73.5 cm³/mol. The first kappa shape index (κ1) is 13.3. The van der Waals surface area contributed by atoms with Gasteiger partial charge in [0.2, 0.25) is 0 Å². The first-order valence-electron chi connectivity index (χ1n) is 6.44. The third-order valence-electron chi connectivity index (χ3n) is 3.86. The van der Waals surface area contributed by atoms with Crippen molar-refractivity contribution in [1.82, 2.24) is 0 Å². The molecule has 90 valence electrons. The number of hydrogen-bond acceptors (Lipinski definition) is 0. The molecule has 0 bridgehead atoms. The molecule has 0 saturated carbocycles. The van der Waals surface area contributed by atoms with Crippen LogP contribution in [0.3, 0.4) is 0 Å². The summed E-state index contributed by atoms with van der Waals surface area (Å²) in [7, 11) is 0. The minimum absolute atomic E-state index is 0.427. The van der Waals surface area contributed by atoms with Crippen LogP contribution in [0.15, 0.2) is 35.5 Å². The normalized spacial score (nSPS) is 21.1. The summed E-state index contributed by atoms with van der Waals surface area (Å²) in [6.07, 6.45) is 10.5. The second-order valence-corrected chi connectivity index (χ2v) is 5.75. The van der Waals surface area contributed by atoms with Gasteiger partial charge < -0.3 is 0 Å². The van der Waals surface area contributed by atoms with Crippen LogP contribution in [-0.2, 0) is 0 Å². The van der Waals surface area contributed by atoms with Gasteiger partial charge in [0.05, 0.1) is 0 Å². The van der Waals surface area contributed by atoms with E-state index >= 15 is 0 Å². The highest BCUT2D eigenvalue weighted by Crippen LogP contribution is 2.42. The van der Waals surface area contributed by atoms with E-state index in [1.165, 1.54) is 37.7 Å². The Morgan fingerprint density at radius 3 is 2.69 bits per heavy atom. The van der Waals surface area contributed by atoms with Gasteiger partial charge in [-0.1, -0.05) is 49.3 Å². The summed E-state index contributed by atoms with van der Waals surface area (Å²) >= 11 is 0. The number of rotatable bonds is 4. The number of hydrogen-bond donors (Lipinski definition) is 0. The summed E-state index contributed by atoms with van der Waals surface area (Å²) in [6, 6.07) is 0. The molecule has 0 atom stereocenters. The van der Waals surface area contributed by atoms with Crippen LogP contribution >= 0.6 is 0 Å². The Balaban J connectivity index is 2.71. The van der Waals surface area contributed by atoms with E-state index in [0.29, 0.717) is 5.41 Å². The molecule has 0 aromatic carbocycles. The smallest absolute Gasteiger partial charge is 0.0142 e. The molecule has 0 amide bonds. The van der Waals surface area contributed by atoms with E-state index in [4.69, 9.17) is 0 Å². The highest BCUT2D eigenvalue weighted by Gasteiger charge is 2.27. The fourth-order valence-electron chi connectivity index (χ4n) is 2.83. The van der Waals surface area contributed by atoms with Crippen LogP contribution in [0, 0.1) is 5.41 Å². The largest absolute Gasteiger partial charge is 0.0991 e. The van der Waals surface area contributed by atoms with Crippen LogP contribution < -0.4 is 0 Å². The van der Waals surface area contributed by atoms with Gasteiger partial charge >= 0.3 is 0 Å². The second kappa shape index (κ2) is 5.52. The molecule has 0 aromatic heterocycles. The van der Waals surface area contributed by atoms with E-state index < -0.39 is 0 Å². The Labute approximate surface area is 101 Å². The molecule has 0 radical (unpaired) electrons. The van der Waals surface area contributed by atoms with Gasteiger partial charge in [0.1, 0.15) is 0 Å². The quantitative estimate of drug-likeness (QED) is 0.436. The zero-order valence-corrected chi connectivity index (χ0v) is 11.4. The average Bonchev–Trinajstić information content (AvgIpc) is 2.16. The highest BCUT2D eigenvalue weighted by molar-refractivity contribution is 5.23. The summed E-state index contributed by atoms with van der Waals surface area (Å²) in [5.41, 5.74) is 5.21. The van der Waals surface area contributed by atoms with Gasteiger partial charge in [0, 0.05) is 0 Å². The van der Waals surface area contributed by atoms with Gasteiger partial charge in [0.15, 0.2) is 0 Å². The van der Waals surface area contributed by atoms with Crippen molar-refractivity contribution >= 4 is 0 Å². The molecule has 16 heavy (non-hydrogen) atoms. The standard InChI is InChI=1S/C16H26/c1-6-8-13(2)10-11-15-14(3)9-7-12-16(15,4)5/h6,8H,1,7,9-12H2,2-5H3/b13-8+. The summed E-state index contributed by atoms with van der Waals surface area (Å²) < 4.78 is 0. The Morgan fingerprint density at radius 2 is 2.12 bits per heavy atom. The van der Waals surface area contributed by atoms with Crippen molar-refractivity contribution in [1.29, 1.82) is 0 Å². The minimum atomic E-state index is 0.427. The lowest BCUT2D eigenvalue weighted by atomic mass is 9.71. The zero-order chi connectivity index (χ0) is 12.2. The topological polar surface area (TPSA) is 0 Å². The monoisotopic (exact) mass is 218 g/mol. The summed E-state index contributed by atoms with van der Waals surface area (Å²) in [6.45, 7) is 13.1. The van der Waals surface area contributed by atoms with Gasteiger partial charge in [-0.05, 0) is 51.4 Å². The van der Waals surface area contributed by atoms with Crippen molar-refractivity contribution < 1.29 is 0 Å². The third kappa shape index (κ3) is 3.37. The van der Waals surface area contributed by atoms with Crippen molar-refractivity contribution in [3.05, 3.63) is 35.5 Å². The molecule has 0 fully saturated rings. The molecule has 0 spiro atoms. The van der Waals surface area contributed by atoms with Crippen LogP contribution in [0.2, 0.25) is 0 Å². The van der Waals surface area contributed by atoms with Crippen molar-refractivity contribution in [2.75, 3.05) is 0 Å². The minimum Gasteiger partial charge on any atom is -0.0991 e. The molecule has 1 rings (SSSR count). The maximum absolute atomic E-state index is 3.75. The first-order valence-corrected chi connectivity index (χ1v) is 6.44. The Kier molecular flexibility index (Phi) is 4.58. The van der Waals surface area contributed by atoms with Crippen LogP contribution in [0.1, 0.15) is 59.8 Å². The van der Waals surface area contributed by atoms with Crippen molar-refractivity contribution in [3.8, 4) is 0 Å². The van der Waals surface area contributed by atoms with Gasteiger partial charge in [0.25, 0.3) is 0 Å². The number of allylic oxidation sites excluding steroid dienone is 5. The van der Waals surface area contributed by atoms with E-state index in [2.05, 4.69) is 40.3 Å². The second-order valence-electron chi connectivity index (χ2n) is 5.75. The Bertz CT molecular complexity index is 313. The lowest BCUT2D eigenvalue weighted by molar-refractivity contribution is 0.354. The van der Waals surface area contributed by atoms with Gasteiger partial charge in [-0.2, -0.15) is 0 Å². The molecule has 0 N–H and O–H groups in total. The van der Waals surface area contributed by atoms with Crippen LogP contribution in [0.25, 0.3) is 0 Å². The fraction of sp³-hybridized carbons (Fsp3) is 0.625. The van der Waals surface area contributed by atoms with Crippen LogP contribution in [0.4, 0.5) is 0 Å². The lowest BCUT2D eigenvalue weighted by Crippen LogP contribution is -2.20. The van der Waals surface area contributed by atoms with Gasteiger partial charge in [-0.25, -0.2) is 0 Å². The lowest BCUT2D eigenvalue weighted by Gasteiger charge is -2.34. The first-order chi connectivity index (χ1) is 7.47. The Hall–Kier alpha value is -0.780. The summed E-state index contributed by atoms with van der Waals surface area (Å²) in [4.78, 5) is 0. The van der Waals surface area contributed by atoms with Crippen molar-refractivity contribution in [3.63, 3.8) is 0 Å². The van der Waals surface area contributed by atoms with Gasteiger partial charge in [-0.15, -0.1) is 0 Å². The fourth-order valence-corrected chi connectivity index (χ4v) is 2.83. The van der Waals surface area contributed by atoms with Crippen molar-refractivity contribution in [2.24, 2.45) is 5.41 Å². The van der Waals surface area contributed by atoms with E-state index in [1.807, 2.05) is 6.08 Å². The molecule has 0 nitrogen and oxygen atoms in total. The van der Waals surface area contributed by atoms with Crippen LogP contribution in [-0.4, -0.2) is 0 Å². The molecule has 1 aliphatic rings. The third-order valence-corrected chi connectivity index (χ3v) is 3.86. The maximum Gasteiger partial charge on any atom is -0.0142 e. The van der Waals surface area contributed by atoms with Gasteiger partial charge in [-0.3, -0.25) is 0 Å². The zero-order valence-electron chi connectivity index (χ0n) is 11.4. The molecule has 0 aromatic rings. The molecule has 0 aliphatic heterocycles. The predicted octanol–water partition coefficient (Wildman–Crippen LogP) is 5.43. The van der Waals surface area contributed by atoms with E-state index in [1.54, 1.807) is 11.1 Å². The molecule has 0 heteroatoms. The summed E-state index contributed by atoms with van der Waals surface area (Å²) in [5.74, 6) is 0. The molecule has 1 aliphatic carbocycles. The van der Waals surface area contributed by atoms with E-state index in [9.17, 15) is 0 Å². The van der Waals surface area contributed by atoms with Crippen molar-refractivity contribution in [2.45, 2.75) is 59.8 Å². The molecule has 0 heterocycles. The average molecular weight is 218 g/mol. The van der Waals surface area contributed by atoms with Crippen LogP contribution in [0.5, 0.6) is 0 Å².